The van der Waals surface area contributed by atoms with Crippen LogP contribution in [0.4, 0.5) is 5.82 Å². The van der Waals surface area contributed by atoms with E-state index >= 15 is 0 Å². The monoisotopic (exact) mass is 353 g/mol. The molecule has 0 radical (unpaired) electrons. The highest BCUT2D eigenvalue weighted by atomic mass is 79.9. The fourth-order valence-corrected chi connectivity index (χ4v) is 2.38. The van der Waals surface area contributed by atoms with E-state index in [1.54, 1.807) is 30.1 Å². The maximum absolute atomic E-state index is 12.3. The summed E-state index contributed by atoms with van der Waals surface area (Å²) in [5.41, 5.74) is 7.04. The van der Waals surface area contributed by atoms with E-state index in [2.05, 4.69) is 20.9 Å². The van der Waals surface area contributed by atoms with Crippen molar-refractivity contribution in [2.75, 3.05) is 12.8 Å². The van der Waals surface area contributed by atoms with Crippen molar-refractivity contribution in [3.8, 4) is 0 Å². The summed E-state index contributed by atoms with van der Waals surface area (Å²) in [4.78, 5) is 17.8. The zero-order chi connectivity index (χ0) is 14.7. The molecule has 1 aromatic carbocycles. The number of pyridine rings is 1. The quantitative estimate of drug-likeness (QED) is 0.919. The summed E-state index contributed by atoms with van der Waals surface area (Å²) in [5.74, 6) is 0.208. The number of amides is 1. The molecule has 0 saturated carbocycles. The fourth-order valence-electron chi connectivity index (χ4n) is 1.80. The van der Waals surface area contributed by atoms with Crippen molar-refractivity contribution in [1.29, 1.82) is 0 Å². The molecule has 0 spiro atoms. The summed E-state index contributed by atoms with van der Waals surface area (Å²) < 4.78 is 0.801. The number of halogens is 2. The molecule has 0 aliphatic heterocycles. The average molecular weight is 355 g/mol. The van der Waals surface area contributed by atoms with Gasteiger partial charge in [-0.2, -0.15) is 0 Å². The lowest BCUT2D eigenvalue weighted by Gasteiger charge is -2.18. The molecule has 0 unspecified atom stereocenters. The summed E-state index contributed by atoms with van der Waals surface area (Å²) in [5, 5.41) is 0.622. The molecule has 1 aromatic heterocycles. The van der Waals surface area contributed by atoms with Crippen molar-refractivity contribution in [1.82, 2.24) is 9.88 Å². The van der Waals surface area contributed by atoms with E-state index in [0.717, 1.165) is 10.0 Å². The minimum Gasteiger partial charge on any atom is -0.384 e. The number of anilines is 1. The minimum absolute atomic E-state index is 0.119. The lowest BCUT2D eigenvalue weighted by atomic mass is 10.2. The molecule has 0 aliphatic rings. The van der Waals surface area contributed by atoms with Crippen LogP contribution in [0, 0.1) is 0 Å². The maximum Gasteiger partial charge on any atom is 0.254 e. The van der Waals surface area contributed by atoms with Gasteiger partial charge < -0.3 is 10.6 Å². The number of aromatic nitrogens is 1. The second kappa shape index (κ2) is 6.24. The number of carbonyl (C=O) groups excluding carboxylic acids is 1. The van der Waals surface area contributed by atoms with Gasteiger partial charge in [0, 0.05) is 29.8 Å². The summed E-state index contributed by atoms with van der Waals surface area (Å²) in [6, 6.07) is 8.76. The molecule has 4 nitrogen and oxygen atoms in total. The summed E-state index contributed by atoms with van der Waals surface area (Å²) in [6.07, 6.45) is 1.52. The maximum atomic E-state index is 12.3. The smallest absolute Gasteiger partial charge is 0.254 e. The Balaban J connectivity index is 2.18. The molecule has 0 atom stereocenters. The first kappa shape index (κ1) is 14.8. The largest absolute Gasteiger partial charge is 0.384 e. The van der Waals surface area contributed by atoms with E-state index < -0.39 is 0 Å². The Labute approximate surface area is 130 Å². The normalized spacial score (nSPS) is 10.3. The van der Waals surface area contributed by atoms with E-state index in [9.17, 15) is 4.79 Å². The molecule has 1 amide bonds. The summed E-state index contributed by atoms with van der Waals surface area (Å²) in [6.45, 7) is 0.447. The average Bonchev–Trinajstić information content (AvgIpc) is 2.43. The summed E-state index contributed by atoms with van der Waals surface area (Å²) in [7, 11) is 1.73. The summed E-state index contributed by atoms with van der Waals surface area (Å²) >= 11 is 9.47. The molecule has 0 bridgehead atoms. The molecular weight excluding hydrogens is 342 g/mol. The molecular formula is C14H13BrClN3O. The van der Waals surface area contributed by atoms with Crippen LogP contribution in [0.2, 0.25) is 5.02 Å². The SMILES string of the molecule is CN(Cc1cccc(Cl)c1Br)C(=O)c1ccnc(N)c1. The Bertz CT molecular complexity index is 648. The van der Waals surface area contributed by atoms with E-state index in [0.29, 0.717) is 22.9 Å². The number of nitrogen functional groups attached to an aromatic ring is 1. The van der Waals surface area contributed by atoms with Crippen molar-refractivity contribution in [3.05, 3.63) is 57.2 Å². The number of hydrogen-bond acceptors (Lipinski definition) is 3. The third kappa shape index (κ3) is 3.29. The van der Waals surface area contributed by atoms with Gasteiger partial charge in [0.25, 0.3) is 5.91 Å². The van der Waals surface area contributed by atoms with E-state index in [1.807, 2.05) is 12.1 Å². The molecule has 6 heteroatoms. The van der Waals surface area contributed by atoms with Gasteiger partial charge in [0.2, 0.25) is 0 Å². The predicted octanol–water partition coefficient (Wildman–Crippen LogP) is 3.35. The minimum atomic E-state index is -0.119. The van der Waals surface area contributed by atoms with Crippen molar-refractivity contribution in [2.24, 2.45) is 0 Å². The third-order valence-electron chi connectivity index (χ3n) is 2.81. The number of nitrogens with zero attached hydrogens (tertiary/aromatic N) is 2. The topological polar surface area (TPSA) is 59.2 Å². The lowest BCUT2D eigenvalue weighted by molar-refractivity contribution is 0.0785. The van der Waals surface area contributed by atoms with Crippen LogP contribution in [0.15, 0.2) is 41.0 Å². The highest BCUT2D eigenvalue weighted by molar-refractivity contribution is 9.10. The van der Waals surface area contributed by atoms with Gasteiger partial charge in [-0.3, -0.25) is 4.79 Å². The van der Waals surface area contributed by atoms with Crippen molar-refractivity contribution >= 4 is 39.3 Å². The molecule has 2 N–H and O–H groups in total. The number of benzene rings is 1. The highest BCUT2D eigenvalue weighted by Crippen LogP contribution is 2.27. The number of hydrogen-bond donors (Lipinski definition) is 1. The molecule has 2 aromatic rings. The number of nitrogens with two attached hydrogens (primary N) is 1. The van der Waals surface area contributed by atoms with Gasteiger partial charge in [0.1, 0.15) is 5.82 Å². The molecule has 20 heavy (non-hydrogen) atoms. The lowest BCUT2D eigenvalue weighted by Crippen LogP contribution is -2.26. The van der Waals surface area contributed by atoms with Gasteiger partial charge in [-0.1, -0.05) is 23.7 Å². The van der Waals surface area contributed by atoms with Gasteiger partial charge in [-0.15, -0.1) is 0 Å². The first-order valence-corrected chi connectivity index (χ1v) is 7.06. The Morgan fingerprint density at radius 3 is 2.90 bits per heavy atom. The molecule has 1 heterocycles. The van der Waals surface area contributed by atoms with Crippen molar-refractivity contribution in [2.45, 2.75) is 6.54 Å². The fraction of sp³-hybridized carbons (Fsp3) is 0.143. The molecule has 2 rings (SSSR count). The molecule has 0 fully saturated rings. The molecule has 0 saturated heterocycles. The van der Waals surface area contributed by atoms with Crippen LogP contribution in [0.3, 0.4) is 0 Å². The number of rotatable bonds is 3. The standard InChI is InChI=1S/C14H13BrClN3O/c1-19(8-10-3-2-4-11(16)13(10)15)14(20)9-5-6-18-12(17)7-9/h2-7H,8H2,1H3,(H2,17,18). The second-order valence-electron chi connectivity index (χ2n) is 4.34. The second-order valence-corrected chi connectivity index (χ2v) is 5.54. The Kier molecular flexibility index (Phi) is 4.62. The zero-order valence-corrected chi connectivity index (χ0v) is 13.1. The van der Waals surface area contributed by atoms with Crippen LogP contribution in [0.5, 0.6) is 0 Å². The first-order valence-electron chi connectivity index (χ1n) is 5.89. The third-order valence-corrected chi connectivity index (χ3v) is 4.29. The van der Waals surface area contributed by atoms with Gasteiger partial charge in [-0.05, 0) is 39.7 Å². The number of carbonyl (C=O) groups is 1. The predicted molar refractivity (Wildman–Crippen MR) is 83.6 cm³/mol. The highest BCUT2D eigenvalue weighted by Gasteiger charge is 2.14. The van der Waals surface area contributed by atoms with Gasteiger partial charge >= 0.3 is 0 Å². The van der Waals surface area contributed by atoms with Crippen LogP contribution >= 0.6 is 27.5 Å². The van der Waals surface area contributed by atoms with Crippen LogP contribution in [-0.4, -0.2) is 22.8 Å². The Morgan fingerprint density at radius 1 is 1.45 bits per heavy atom. The van der Waals surface area contributed by atoms with Crippen LogP contribution in [0.25, 0.3) is 0 Å². The van der Waals surface area contributed by atoms with Crippen LogP contribution in [0.1, 0.15) is 15.9 Å². The van der Waals surface area contributed by atoms with Crippen molar-refractivity contribution < 1.29 is 4.79 Å². The van der Waals surface area contributed by atoms with Crippen molar-refractivity contribution in [3.63, 3.8) is 0 Å². The van der Waals surface area contributed by atoms with Crippen LogP contribution in [-0.2, 0) is 6.54 Å². The van der Waals surface area contributed by atoms with E-state index in [1.165, 1.54) is 6.20 Å². The Hall–Kier alpha value is -1.59. The molecule has 0 aliphatic carbocycles. The Morgan fingerprint density at radius 2 is 2.20 bits per heavy atom. The van der Waals surface area contributed by atoms with E-state index in [4.69, 9.17) is 17.3 Å². The van der Waals surface area contributed by atoms with Gasteiger partial charge in [0.05, 0.1) is 5.02 Å². The molecule has 104 valence electrons. The van der Waals surface area contributed by atoms with Gasteiger partial charge in [0.15, 0.2) is 0 Å². The van der Waals surface area contributed by atoms with Crippen LogP contribution < -0.4 is 5.73 Å². The zero-order valence-electron chi connectivity index (χ0n) is 10.8. The van der Waals surface area contributed by atoms with Gasteiger partial charge in [-0.25, -0.2) is 4.98 Å². The first-order chi connectivity index (χ1) is 9.49. The van der Waals surface area contributed by atoms with E-state index in [-0.39, 0.29) is 5.91 Å².